The molecule has 0 unspecified atom stereocenters. The van der Waals surface area contributed by atoms with Crippen molar-refractivity contribution in [2.75, 3.05) is 0 Å². The van der Waals surface area contributed by atoms with Crippen LogP contribution < -0.4 is 4.72 Å². The van der Waals surface area contributed by atoms with Crippen molar-refractivity contribution in [1.29, 1.82) is 5.26 Å². The van der Waals surface area contributed by atoms with Gasteiger partial charge in [-0.05, 0) is 43.5 Å². The van der Waals surface area contributed by atoms with E-state index in [0.717, 1.165) is 0 Å². The monoisotopic (exact) mass is 290 g/mol. The van der Waals surface area contributed by atoms with Crippen molar-refractivity contribution < 1.29 is 13.2 Å². The molecule has 0 aromatic heterocycles. The molecule has 1 amide bonds. The van der Waals surface area contributed by atoms with E-state index in [2.05, 4.69) is 4.72 Å². The van der Waals surface area contributed by atoms with E-state index in [1.807, 2.05) is 18.2 Å². The van der Waals surface area contributed by atoms with E-state index in [-0.39, 0.29) is 10.8 Å². The lowest BCUT2D eigenvalue weighted by Gasteiger charge is -2.12. The standard InChI is InChI=1S/C14H14N2O3S/c1-10-8-11(9-15)6-7-13(10)20(18,19)16-14(17)12-4-2-3-5-12/h2-3,6-8,12H,4-5H2,1H3,(H,16,17). The minimum absolute atomic E-state index is 0.0239. The number of amides is 1. The second-order valence-corrected chi connectivity index (χ2v) is 6.35. The lowest BCUT2D eigenvalue weighted by atomic mass is 10.1. The molecule has 1 aliphatic rings. The van der Waals surface area contributed by atoms with E-state index in [1.165, 1.54) is 18.2 Å². The quantitative estimate of drug-likeness (QED) is 0.857. The molecule has 2 rings (SSSR count). The van der Waals surface area contributed by atoms with Crippen LogP contribution in [0.2, 0.25) is 0 Å². The number of carbonyl (C=O) groups excluding carboxylic acids is 1. The normalized spacial score (nSPS) is 15.0. The van der Waals surface area contributed by atoms with Crippen LogP contribution in [0.5, 0.6) is 0 Å². The van der Waals surface area contributed by atoms with Gasteiger partial charge in [0, 0.05) is 5.92 Å². The Morgan fingerprint density at radius 2 is 2.00 bits per heavy atom. The number of hydrogen-bond donors (Lipinski definition) is 1. The highest BCUT2D eigenvalue weighted by Gasteiger charge is 2.25. The Labute approximate surface area is 118 Å². The third-order valence-corrected chi connectivity index (χ3v) is 4.71. The van der Waals surface area contributed by atoms with Crippen molar-refractivity contribution in [3.63, 3.8) is 0 Å². The Morgan fingerprint density at radius 1 is 1.35 bits per heavy atom. The summed E-state index contributed by atoms with van der Waals surface area (Å²) in [7, 11) is -3.89. The van der Waals surface area contributed by atoms with Crippen molar-refractivity contribution in [3.05, 3.63) is 41.5 Å². The molecule has 6 heteroatoms. The van der Waals surface area contributed by atoms with Crippen LogP contribution in [0.4, 0.5) is 0 Å². The predicted octanol–water partition coefficient (Wildman–Crippen LogP) is 1.64. The van der Waals surface area contributed by atoms with Gasteiger partial charge in [-0.15, -0.1) is 0 Å². The van der Waals surface area contributed by atoms with Crippen molar-refractivity contribution >= 4 is 15.9 Å². The number of benzene rings is 1. The fourth-order valence-electron chi connectivity index (χ4n) is 2.12. The average Bonchev–Trinajstić information content (AvgIpc) is 2.91. The Balaban J connectivity index is 2.22. The summed E-state index contributed by atoms with van der Waals surface area (Å²) in [6.07, 6.45) is 4.86. The zero-order chi connectivity index (χ0) is 14.8. The molecule has 1 N–H and O–H groups in total. The third-order valence-electron chi connectivity index (χ3n) is 3.21. The Hall–Kier alpha value is -2.13. The maximum atomic E-state index is 12.2. The first-order valence-corrected chi connectivity index (χ1v) is 7.65. The zero-order valence-electron chi connectivity index (χ0n) is 11.0. The summed E-state index contributed by atoms with van der Waals surface area (Å²) in [6, 6.07) is 6.19. The summed E-state index contributed by atoms with van der Waals surface area (Å²) >= 11 is 0. The molecule has 0 radical (unpaired) electrons. The van der Waals surface area contributed by atoms with Gasteiger partial charge in [-0.25, -0.2) is 13.1 Å². The second kappa shape index (κ2) is 5.47. The number of rotatable bonds is 3. The number of aryl methyl sites for hydroxylation is 1. The molecule has 1 aliphatic carbocycles. The van der Waals surface area contributed by atoms with Crippen LogP contribution >= 0.6 is 0 Å². The highest BCUT2D eigenvalue weighted by atomic mass is 32.2. The van der Waals surface area contributed by atoms with E-state index in [9.17, 15) is 13.2 Å². The van der Waals surface area contributed by atoms with Crippen LogP contribution in [0.3, 0.4) is 0 Å². The van der Waals surface area contributed by atoms with Crippen LogP contribution in [0, 0.1) is 24.2 Å². The minimum atomic E-state index is -3.89. The van der Waals surface area contributed by atoms with E-state index < -0.39 is 15.9 Å². The molecule has 0 saturated heterocycles. The predicted molar refractivity (Wildman–Crippen MR) is 73.1 cm³/mol. The van der Waals surface area contributed by atoms with Crippen molar-refractivity contribution in [1.82, 2.24) is 4.72 Å². The van der Waals surface area contributed by atoms with Gasteiger partial charge in [0.15, 0.2) is 0 Å². The Bertz CT molecular complexity index is 706. The molecule has 0 fully saturated rings. The number of nitrogens with zero attached hydrogens (tertiary/aromatic N) is 1. The Kier molecular flexibility index (Phi) is 3.91. The average molecular weight is 290 g/mol. The Morgan fingerprint density at radius 3 is 2.55 bits per heavy atom. The lowest BCUT2D eigenvalue weighted by molar-refractivity contribution is -0.122. The SMILES string of the molecule is Cc1cc(C#N)ccc1S(=O)(=O)NC(=O)C1CC=CC1. The van der Waals surface area contributed by atoms with Gasteiger partial charge < -0.3 is 0 Å². The summed E-state index contributed by atoms with van der Waals surface area (Å²) in [4.78, 5) is 11.9. The van der Waals surface area contributed by atoms with Crippen LogP contribution in [-0.4, -0.2) is 14.3 Å². The van der Waals surface area contributed by atoms with Crippen LogP contribution in [0.15, 0.2) is 35.2 Å². The highest BCUT2D eigenvalue weighted by Crippen LogP contribution is 2.20. The first-order chi connectivity index (χ1) is 9.44. The molecular weight excluding hydrogens is 276 g/mol. The van der Waals surface area contributed by atoms with E-state index in [1.54, 1.807) is 6.92 Å². The topological polar surface area (TPSA) is 87.0 Å². The van der Waals surface area contributed by atoms with Crippen LogP contribution in [-0.2, 0) is 14.8 Å². The van der Waals surface area contributed by atoms with E-state index in [4.69, 9.17) is 5.26 Å². The molecule has 0 spiro atoms. The van der Waals surface area contributed by atoms with Crippen molar-refractivity contribution in [2.24, 2.45) is 5.92 Å². The smallest absolute Gasteiger partial charge is 0.264 e. The molecule has 0 saturated carbocycles. The molecule has 1 aromatic rings. The second-order valence-electron chi connectivity index (χ2n) is 4.70. The van der Waals surface area contributed by atoms with Crippen LogP contribution in [0.25, 0.3) is 0 Å². The zero-order valence-corrected chi connectivity index (χ0v) is 11.8. The first kappa shape index (κ1) is 14.3. The number of nitriles is 1. The van der Waals surface area contributed by atoms with Crippen molar-refractivity contribution in [2.45, 2.75) is 24.7 Å². The molecule has 20 heavy (non-hydrogen) atoms. The number of carbonyl (C=O) groups is 1. The summed E-state index contributed by atoms with van der Waals surface area (Å²) in [5.41, 5.74) is 0.821. The molecule has 0 aliphatic heterocycles. The molecule has 0 heterocycles. The van der Waals surface area contributed by atoms with Gasteiger partial charge in [-0.1, -0.05) is 12.2 Å². The summed E-state index contributed by atoms with van der Waals surface area (Å²) in [5.74, 6) is -0.803. The van der Waals surface area contributed by atoms with Gasteiger partial charge in [0.2, 0.25) is 5.91 Å². The van der Waals surface area contributed by atoms with Crippen LogP contribution in [0.1, 0.15) is 24.0 Å². The van der Waals surface area contributed by atoms with Gasteiger partial charge in [0.05, 0.1) is 16.5 Å². The highest BCUT2D eigenvalue weighted by molar-refractivity contribution is 7.90. The fourth-order valence-corrected chi connectivity index (χ4v) is 3.39. The van der Waals surface area contributed by atoms with Gasteiger partial charge in [-0.2, -0.15) is 5.26 Å². The van der Waals surface area contributed by atoms with Crippen molar-refractivity contribution in [3.8, 4) is 6.07 Å². The van der Waals surface area contributed by atoms with E-state index in [0.29, 0.717) is 24.0 Å². The third kappa shape index (κ3) is 2.89. The number of sulfonamides is 1. The van der Waals surface area contributed by atoms with Gasteiger partial charge in [-0.3, -0.25) is 4.79 Å². The number of hydrogen-bond acceptors (Lipinski definition) is 4. The molecule has 1 aromatic carbocycles. The summed E-state index contributed by atoms with van der Waals surface area (Å²) < 4.78 is 26.5. The largest absolute Gasteiger partial charge is 0.274 e. The molecule has 0 bridgehead atoms. The summed E-state index contributed by atoms with van der Waals surface area (Å²) in [6.45, 7) is 1.59. The first-order valence-electron chi connectivity index (χ1n) is 6.16. The van der Waals surface area contributed by atoms with Gasteiger partial charge in [0.1, 0.15) is 0 Å². The van der Waals surface area contributed by atoms with Gasteiger partial charge >= 0.3 is 0 Å². The molecule has 0 atom stereocenters. The fraction of sp³-hybridized carbons (Fsp3) is 0.286. The van der Waals surface area contributed by atoms with Gasteiger partial charge in [0.25, 0.3) is 10.0 Å². The minimum Gasteiger partial charge on any atom is -0.274 e. The lowest BCUT2D eigenvalue weighted by Crippen LogP contribution is -2.35. The summed E-state index contributed by atoms with van der Waals surface area (Å²) in [5, 5.41) is 8.77. The molecular formula is C14H14N2O3S. The number of allylic oxidation sites excluding steroid dienone is 2. The number of nitrogens with one attached hydrogen (secondary N) is 1. The maximum absolute atomic E-state index is 12.2. The van der Waals surface area contributed by atoms with E-state index >= 15 is 0 Å². The molecule has 5 nitrogen and oxygen atoms in total. The molecule has 104 valence electrons. The maximum Gasteiger partial charge on any atom is 0.264 e.